The van der Waals surface area contributed by atoms with Crippen LogP contribution in [-0.2, 0) is 16.6 Å². The molecular weight excluding hydrogens is 280 g/mol. The van der Waals surface area contributed by atoms with Crippen molar-refractivity contribution in [3.8, 4) is 0 Å². The van der Waals surface area contributed by atoms with Gasteiger partial charge in [-0.25, -0.2) is 8.42 Å². The molecule has 0 radical (unpaired) electrons. The Hall–Kier alpha value is -1.37. The van der Waals surface area contributed by atoms with Crippen molar-refractivity contribution in [2.75, 3.05) is 11.4 Å². The molecule has 0 saturated heterocycles. The average molecular weight is 296 g/mol. The summed E-state index contributed by atoms with van der Waals surface area (Å²) in [5, 5.41) is 1.75. The number of nitrogens with two attached hydrogens (primary N) is 1. The molecule has 1 aromatic carbocycles. The summed E-state index contributed by atoms with van der Waals surface area (Å²) in [6, 6.07) is 8.97. The van der Waals surface area contributed by atoms with Crippen LogP contribution >= 0.6 is 11.3 Å². The van der Waals surface area contributed by atoms with Gasteiger partial charge in [-0.05, 0) is 30.5 Å². The topological polar surface area (TPSA) is 63.4 Å². The quantitative estimate of drug-likeness (QED) is 0.942. The largest absolute Gasteiger partial charge is 0.326 e. The lowest BCUT2D eigenvalue weighted by Crippen LogP contribution is -2.27. The minimum absolute atomic E-state index is 0.230. The molecule has 2 aromatic rings. The summed E-state index contributed by atoms with van der Waals surface area (Å²) in [5.74, 6) is 0. The molecule has 0 atom stereocenters. The SMILES string of the molecule is Cc1ccc(N(C)S(=O)(=O)c2ccsc2CN)cc1. The minimum atomic E-state index is -3.54. The molecule has 2 rings (SSSR count). The molecule has 0 saturated carbocycles. The Morgan fingerprint density at radius 3 is 2.42 bits per heavy atom. The van der Waals surface area contributed by atoms with Crippen LogP contribution in [-0.4, -0.2) is 15.5 Å². The van der Waals surface area contributed by atoms with Crippen molar-refractivity contribution in [2.24, 2.45) is 5.73 Å². The molecular formula is C13H16N2O2S2. The Morgan fingerprint density at radius 1 is 1.21 bits per heavy atom. The zero-order valence-electron chi connectivity index (χ0n) is 10.8. The predicted octanol–water partition coefficient (Wildman–Crippen LogP) is 2.34. The number of aryl methyl sites for hydroxylation is 1. The van der Waals surface area contributed by atoms with Crippen LogP contribution in [0.25, 0.3) is 0 Å². The maximum atomic E-state index is 12.5. The van der Waals surface area contributed by atoms with Crippen molar-refractivity contribution in [1.82, 2.24) is 0 Å². The zero-order valence-corrected chi connectivity index (χ0v) is 12.5. The van der Waals surface area contributed by atoms with E-state index in [2.05, 4.69) is 0 Å². The molecule has 0 fully saturated rings. The van der Waals surface area contributed by atoms with Gasteiger partial charge in [0.05, 0.1) is 5.69 Å². The van der Waals surface area contributed by atoms with Gasteiger partial charge in [0.1, 0.15) is 4.90 Å². The van der Waals surface area contributed by atoms with Crippen LogP contribution in [0.4, 0.5) is 5.69 Å². The van der Waals surface area contributed by atoms with Crippen molar-refractivity contribution in [2.45, 2.75) is 18.4 Å². The van der Waals surface area contributed by atoms with Gasteiger partial charge in [-0.1, -0.05) is 17.7 Å². The highest BCUT2D eigenvalue weighted by Gasteiger charge is 2.24. The standard InChI is InChI=1S/C13H16N2O2S2/c1-10-3-5-11(6-4-10)15(2)19(16,17)13-7-8-18-12(13)9-14/h3-8H,9,14H2,1-2H3. The summed E-state index contributed by atoms with van der Waals surface area (Å²) in [5.41, 5.74) is 7.31. The Kier molecular flexibility index (Phi) is 3.93. The summed E-state index contributed by atoms with van der Waals surface area (Å²) in [7, 11) is -1.99. The van der Waals surface area contributed by atoms with Gasteiger partial charge >= 0.3 is 0 Å². The maximum Gasteiger partial charge on any atom is 0.265 e. The van der Waals surface area contributed by atoms with Crippen LogP contribution < -0.4 is 10.0 Å². The van der Waals surface area contributed by atoms with E-state index in [0.717, 1.165) is 5.56 Å². The fourth-order valence-corrected chi connectivity index (χ4v) is 4.25. The molecule has 0 unspecified atom stereocenters. The second-order valence-electron chi connectivity index (χ2n) is 4.22. The number of hydrogen-bond donors (Lipinski definition) is 1. The smallest absolute Gasteiger partial charge is 0.265 e. The second kappa shape index (κ2) is 5.32. The van der Waals surface area contributed by atoms with E-state index in [-0.39, 0.29) is 6.54 Å². The molecule has 1 heterocycles. The van der Waals surface area contributed by atoms with Crippen LogP contribution in [0.1, 0.15) is 10.4 Å². The number of nitrogens with zero attached hydrogens (tertiary/aromatic N) is 1. The first-order chi connectivity index (χ1) is 8.96. The molecule has 1 aromatic heterocycles. The first-order valence-electron chi connectivity index (χ1n) is 5.79. The molecule has 19 heavy (non-hydrogen) atoms. The molecule has 4 nitrogen and oxygen atoms in total. The lowest BCUT2D eigenvalue weighted by Gasteiger charge is -2.19. The Morgan fingerprint density at radius 2 is 1.84 bits per heavy atom. The van der Waals surface area contributed by atoms with E-state index in [1.165, 1.54) is 15.6 Å². The molecule has 0 aliphatic heterocycles. The molecule has 6 heteroatoms. The third kappa shape index (κ3) is 2.65. The Balaban J connectivity index is 2.42. The van der Waals surface area contributed by atoms with Crippen LogP contribution in [0, 0.1) is 6.92 Å². The van der Waals surface area contributed by atoms with Crippen molar-refractivity contribution < 1.29 is 8.42 Å². The lowest BCUT2D eigenvalue weighted by atomic mass is 10.2. The molecule has 0 bridgehead atoms. The fraction of sp³-hybridized carbons (Fsp3) is 0.231. The monoisotopic (exact) mass is 296 g/mol. The maximum absolute atomic E-state index is 12.5. The zero-order chi connectivity index (χ0) is 14.0. The normalized spacial score (nSPS) is 11.5. The number of benzene rings is 1. The van der Waals surface area contributed by atoms with Gasteiger partial charge in [-0.2, -0.15) is 0 Å². The third-order valence-corrected chi connectivity index (χ3v) is 5.87. The van der Waals surface area contributed by atoms with E-state index in [1.54, 1.807) is 30.6 Å². The molecule has 0 aliphatic carbocycles. The van der Waals surface area contributed by atoms with Crippen molar-refractivity contribution in [3.63, 3.8) is 0 Å². The van der Waals surface area contributed by atoms with Crippen molar-refractivity contribution >= 4 is 27.0 Å². The predicted molar refractivity (Wildman–Crippen MR) is 79.0 cm³/mol. The van der Waals surface area contributed by atoms with E-state index >= 15 is 0 Å². The summed E-state index contributed by atoms with van der Waals surface area (Å²) in [6.45, 7) is 2.19. The highest BCUT2D eigenvalue weighted by atomic mass is 32.2. The van der Waals surface area contributed by atoms with Crippen molar-refractivity contribution in [3.05, 3.63) is 46.2 Å². The van der Waals surface area contributed by atoms with E-state index < -0.39 is 10.0 Å². The summed E-state index contributed by atoms with van der Waals surface area (Å²) in [6.07, 6.45) is 0. The van der Waals surface area contributed by atoms with Crippen LogP contribution in [0.3, 0.4) is 0 Å². The Bertz CT molecular complexity index is 660. The molecule has 0 aliphatic rings. The molecule has 102 valence electrons. The van der Waals surface area contributed by atoms with Crippen molar-refractivity contribution in [1.29, 1.82) is 0 Å². The minimum Gasteiger partial charge on any atom is -0.326 e. The molecule has 0 amide bonds. The van der Waals surface area contributed by atoms with Gasteiger partial charge in [0, 0.05) is 18.5 Å². The third-order valence-electron chi connectivity index (χ3n) is 2.93. The number of sulfonamides is 1. The molecule has 0 spiro atoms. The van der Waals surface area contributed by atoms with Crippen LogP contribution in [0.2, 0.25) is 0 Å². The van der Waals surface area contributed by atoms with E-state index in [4.69, 9.17) is 5.73 Å². The van der Waals surface area contributed by atoms with Gasteiger partial charge in [-0.15, -0.1) is 11.3 Å². The fourth-order valence-electron chi connectivity index (χ4n) is 1.75. The second-order valence-corrected chi connectivity index (χ2v) is 7.16. The first kappa shape index (κ1) is 14.0. The lowest BCUT2D eigenvalue weighted by molar-refractivity contribution is 0.594. The number of thiophene rings is 1. The van der Waals surface area contributed by atoms with E-state index in [0.29, 0.717) is 15.5 Å². The number of hydrogen-bond acceptors (Lipinski definition) is 4. The average Bonchev–Trinajstić information content (AvgIpc) is 2.87. The highest BCUT2D eigenvalue weighted by molar-refractivity contribution is 7.93. The number of anilines is 1. The summed E-state index contributed by atoms with van der Waals surface area (Å²) >= 11 is 1.36. The summed E-state index contributed by atoms with van der Waals surface area (Å²) in [4.78, 5) is 0.974. The Labute approximate surface area is 117 Å². The van der Waals surface area contributed by atoms with Gasteiger partial charge in [0.2, 0.25) is 0 Å². The van der Waals surface area contributed by atoms with Gasteiger partial charge in [0.25, 0.3) is 10.0 Å². The van der Waals surface area contributed by atoms with Crippen LogP contribution in [0.15, 0.2) is 40.6 Å². The van der Waals surface area contributed by atoms with Gasteiger partial charge in [0.15, 0.2) is 0 Å². The van der Waals surface area contributed by atoms with E-state index in [1.807, 2.05) is 19.1 Å². The van der Waals surface area contributed by atoms with Gasteiger partial charge in [-0.3, -0.25) is 4.31 Å². The number of rotatable bonds is 4. The first-order valence-corrected chi connectivity index (χ1v) is 8.11. The van der Waals surface area contributed by atoms with Crippen LogP contribution in [0.5, 0.6) is 0 Å². The summed E-state index contributed by atoms with van der Waals surface area (Å²) < 4.78 is 26.4. The highest BCUT2D eigenvalue weighted by Crippen LogP contribution is 2.27. The molecule has 2 N–H and O–H groups in total. The van der Waals surface area contributed by atoms with E-state index in [9.17, 15) is 8.42 Å². The van der Waals surface area contributed by atoms with Gasteiger partial charge < -0.3 is 5.73 Å².